The maximum Gasteiger partial charge on any atom is 0.276 e. The van der Waals surface area contributed by atoms with E-state index in [1.807, 2.05) is 23.2 Å². The van der Waals surface area contributed by atoms with Crippen LogP contribution in [0.3, 0.4) is 0 Å². The molecule has 0 radical (unpaired) electrons. The van der Waals surface area contributed by atoms with Gasteiger partial charge in [-0.1, -0.05) is 20.8 Å². The van der Waals surface area contributed by atoms with Gasteiger partial charge in [0.2, 0.25) is 5.88 Å². The molecule has 1 amide bonds. The lowest BCUT2D eigenvalue weighted by molar-refractivity contribution is 0.0653. The summed E-state index contributed by atoms with van der Waals surface area (Å²) in [5, 5.41) is 14.6. The minimum atomic E-state index is -0.0741. The fourth-order valence-electron chi connectivity index (χ4n) is 3.28. The van der Waals surface area contributed by atoms with Crippen LogP contribution in [0.5, 0.6) is 5.88 Å². The fraction of sp³-hybridized carbons (Fsp3) is 0.526. The Bertz CT molecular complexity index is 950. The summed E-state index contributed by atoms with van der Waals surface area (Å²) in [4.78, 5) is 18.7. The molecule has 0 atom stereocenters. The van der Waals surface area contributed by atoms with Crippen LogP contribution in [0.4, 0.5) is 0 Å². The summed E-state index contributed by atoms with van der Waals surface area (Å²) in [5.41, 5.74) is 2.16. The Balaban J connectivity index is 1.32. The van der Waals surface area contributed by atoms with Crippen LogP contribution in [-0.4, -0.2) is 60.5 Å². The van der Waals surface area contributed by atoms with E-state index in [1.54, 1.807) is 4.52 Å². The number of carbonyl (C=O) groups excluding carboxylic acids is 1. The second-order valence-electron chi connectivity index (χ2n) is 8.25. The van der Waals surface area contributed by atoms with E-state index < -0.39 is 0 Å². The molecule has 0 unspecified atom stereocenters. The molecule has 28 heavy (non-hydrogen) atoms. The zero-order valence-corrected chi connectivity index (χ0v) is 16.4. The van der Waals surface area contributed by atoms with Crippen LogP contribution >= 0.6 is 0 Å². The van der Waals surface area contributed by atoms with Crippen molar-refractivity contribution in [3.05, 3.63) is 35.9 Å². The highest BCUT2D eigenvalue weighted by atomic mass is 16.5. The summed E-state index contributed by atoms with van der Waals surface area (Å²) in [6.45, 7) is 8.38. The van der Waals surface area contributed by atoms with Gasteiger partial charge >= 0.3 is 0 Å². The molecule has 0 aliphatic carbocycles. The summed E-state index contributed by atoms with van der Waals surface area (Å²) in [7, 11) is 0. The lowest BCUT2D eigenvalue weighted by Crippen LogP contribution is -2.39. The lowest BCUT2D eigenvalue weighted by atomic mass is 9.93. The van der Waals surface area contributed by atoms with E-state index in [2.05, 4.69) is 46.3 Å². The van der Waals surface area contributed by atoms with Crippen molar-refractivity contribution in [1.82, 2.24) is 34.9 Å². The van der Waals surface area contributed by atoms with E-state index >= 15 is 0 Å². The van der Waals surface area contributed by atoms with Gasteiger partial charge in [0.05, 0.1) is 24.7 Å². The number of rotatable bonds is 4. The molecule has 1 fully saturated rings. The number of hydrogen-bond donors (Lipinski definition) is 1. The number of imidazole rings is 1. The van der Waals surface area contributed by atoms with Crippen LogP contribution in [0.15, 0.2) is 24.5 Å². The first-order valence-corrected chi connectivity index (χ1v) is 9.55. The molecule has 0 saturated carbocycles. The first kappa shape index (κ1) is 18.4. The molecule has 1 aliphatic rings. The Morgan fingerprint density at radius 1 is 1.29 bits per heavy atom. The summed E-state index contributed by atoms with van der Waals surface area (Å²) in [6.07, 6.45) is 5.20. The average Bonchev–Trinajstić information content (AvgIpc) is 3.35. The maximum atomic E-state index is 12.3. The number of fused-ring (bicyclic) bond motifs is 1. The van der Waals surface area contributed by atoms with E-state index in [0.29, 0.717) is 37.2 Å². The average molecular weight is 383 g/mol. The van der Waals surface area contributed by atoms with Crippen molar-refractivity contribution in [2.75, 3.05) is 19.7 Å². The maximum absolute atomic E-state index is 12.3. The van der Waals surface area contributed by atoms with Crippen LogP contribution in [0.2, 0.25) is 0 Å². The highest BCUT2D eigenvalue weighted by Gasteiger charge is 2.25. The smallest absolute Gasteiger partial charge is 0.276 e. The monoisotopic (exact) mass is 383 g/mol. The third-order valence-corrected chi connectivity index (χ3v) is 5.07. The second kappa shape index (κ2) is 7.21. The van der Waals surface area contributed by atoms with Gasteiger partial charge in [-0.25, -0.2) is 9.50 Å². The number of hydrogen-bond acceptors (Lipinski definition) is 6. The number of aromatic amines is 1. The van der Waals surface area contributed by atoms with E-state index in [-0.39, 0.29) is 11.3 Å². The number of aromatic nitrogens is 6. The first-order chi connectivity index (χ1) is 13.4. The second-order valence-corrected chi connectivity index (χ2v) is 8.25. The predicted octanol–water partition coefficient (Wildman–Crippen LogP) is 2.08. The Kier molecular flexibility index (Phi) is 4.74. The normalized spacial score (nSPS) is 15.9. The van der Waals surface area contributed by atoms with Crippen LogP contribution in [0.1, 0.15) is 49.8 Å². The minimum absolute atomic E-state index is 0.0217. The molecule has 0 aromatic carbocycles. The highest BCUT2D eigenvalue weighted by molar-refractivity contribution is 5.91. The van der Waals surface area contributed by atoms with Crippen LogP contribution < -0.4 is 4.74 Å². The van der Waals surface area contributed by atoms with Gasteiger partial charge in [0, 0.05) is 24.6 Å². The van der Waals surface area contributed by atoms with Crippen molar-refractivity contribution in [2.24, 2.45) is 5.92 Å². The molecule has 1 saturated heterocycles. The minimum Gasteiger partial charge on any atom is -0.476 e. The highest BCUT2D eigenvalue weighted by Crippen LogP contribution is 2.23. The van der Waals surface area contributed by atoms with Gasteiger partial charge in [-0.05, 0) is 24.8 Å². The number of likely N-dealkylation sites (tertiary alicyclic amines) is 1. The lowest BCUT2D eigenvalue weighted by Gasteiger charge is -2.31. The first-order valence-electron chi connectivity index (χ1n) is 9.55. The van der Waals surface area contributed by atoms with Crippen molar-refractivity contribution >= 4 is 11.6 Å². The van der Waals surface area contributed by atoms with E-state index in [0.717, 1.165) is 24.2 Å². The number of nitrogens with zero attached hydrogens (tertiary/aromatic N) is 6. The van der Waals surface area contributed by atoms with Gasteiger partial charge in [-0.2, -0.15) is 15.4 Å². The van der Waals surface area contributed by atoms with Gasteiger partial charge in [0.15, 0.2) is 11.3 Å². The molecule has 0 spiro atoms. The molecule has 1 N–H and O–H groups in total. The third kappa shape index (κ3) is 3.83. The Morgan fingerprint density at radius 2 is 2.07 bits per heavy atom. The van der Waals surface area contributed by atoms with Crippen molar-refractivity contribution in [1.29, 1.82) is 0 Å². The van der Waals surface area contributed by atoms with E-state index in [4.69, 9.17) is 4.74 Å². The number of amides is 1. The van der Waals surface area contributed by atoms with Crippen LogP contribution in [-0.2, 0) is 5.41 Å². The van der Waals surface area contributed by atoms with Crippen molar-refractivity contribution < 1.29 is 9.53 Å². The van der Waals surface area contributed by atoms with Gasteiger partial charge in [-0.3, -0.25) is 4.79 Å². The van der Waals surface area contributed by atoms with E-state index in [1.165, 1.54) is 6.20 Å². The summed E-state index contributed by atoms with van der Waals surface area (Å²) in [5.74, 6) is 0.910. The third-order valence-electron chi connectivity index (χ3n) is 5.07. The molecule has 3 aromatic rings. The van der Waals surface area contributed by atoms with Crippen molar-refractivity contribution in [3.8, 4) is 5.88 Å². The molecule has 148 valence electrons. The molecular weight excluding hydrogens is 358 g/mol. The van der Waals surface area contributed by atoms with Crippen LogP contribution in [0.25, 0.3) is 5.65 Å². The summed E-state index contributed by atoms with van der Waals surface area (Å²) >= 11 is 0. The molecule has 0 bridgehead atoms. The number of piperidine rings is 1. The summed E-state index contributed by atoms with van der Waals surface area (Å²) < 4.78 is 7.70. The van der Waals surface area contributed by atoms with Crippen LogP contribution in [0, 0.1) is 5.92 Å². The summed E-state index contributed by atoms with van der Waals surface area (Å²) in [6, 6.07) is 3.79. The zero-order chi connectivity index (χ0) is 19.7. The van der Waals surface area contributed by atoms with Gasteiger partial charge in [0.25, 0.3) is 5.91 Å². The molecular formula is C19H25N7O2. The zero-order valence-electron chi connectivity index (χ0n) is 16.4. The number of nitrogens with one attached hydrogen (secondary N) is 1. The molecule has 4 heterocycles. The van der Waals surface area contributed by atoms with Gasteiger partial charge in [0.1, 0.15) is 0 Å². The Hall–Kier alpha value is -2.97. The van der Waals surface area contributed by atoms with Gasteiger partial charge < -0.3 is 9.64 Å². The van der Waals surface area contributed by atoms with Crippen molar-refractivity contribution in [3.63, 3.8) is 0 Å². The van der Waals surface area contributed by atoms with E-state index in [9.17, 15) is 4.79 Å². The molecule has 9 nitrogen and oxygen atoms in total. The largest absolute Gasteiger partial charge is 0.476 e. The topological polar surface area (TPSA) is 101 Å². The molecule has 4 rings (SSSR count). The Labute approximate surface area is 163 Å². The molecule has 9 heteroatoms. The fourth-order valence-corrected chi connectivity index (χ4v) is 3.28. The number of ether oxygens (including phenoxy) is 1. The Morgan fingerprint density at radius 3 is 2.75 bits per heavy atom. The number of H-pyrrole nitrogens is 1. The number of carbonyl (C=O) groups is 1. The quantitative estimate of drug-likeness (QED) is 0.740. The molecule has 3 aromatic heterocycles. The van der Waals surface area contributed by atoms with Gasteiger partial charge in [-0.15, -0.1) is 5.10 Å². The predicted molar refractivity (Wildman–Crippen MR) is 102 cm³/mol. The molecule has 1 aliphatic heterocycles. The standard InChI is InChI=1S/C19H25N7O2/c1-19(2,3)15-11-26-16(21-15)4-5-17(23-26)28-12-13-6-8-25(9-7-13)18(27)14-10-20-24-22-14/h4-5,10-11,13H,6-9,12H2,1-3H3,(H,20,22,24). The van der Waals surface area contributed by atoms with Crippen molar-refractivity contribution in [2.45, 2.75) is 39.0 Å². The SMILES string of the molecule is CC(C)(C)c1cn2nc(OCC3CCN(C(=O)c4cn[nH]n4)CC3)ccc2n1.